The van der Waals surface area contributed by atoms with Crippen molar-refractivity contribution in [1.82, 2.24) is 0 Å². The van der Waals surface area contributed by atoms with Gasteiger partial charge in [0.1, 0.15) is 5.75 Å². The lowest BCUT2D eigenvalue weighted by Crippen LogP contribution is -2.16. The minimum absolute atomic E-state index is 0.241. The van der Waals surface area contributed by atoms with Gasteiger partial charge < -0.3 is 15.3 Å². The number of benzene rings is 2. The van der Waals surface area contributed by atoms with E-state index < -0.39 is 12.2 Å². The highest BCUT2D eigenvalue weighted by atomic mass is 16.3. The molecule has 0 saturated carbocycles. The summed E-state index contributed by atoms with van der Waals surface area (Å²) in [6.45, 7) is 0. The summed E-state index contributed by atoms with van der Waals surface area (Å²) in [7, 11) is 0. The fourth-order valence-corrected chi connectivity index (χ4v) is 2.26. The Morgan fingerprint density at radius 3 is 2.27 bits per heavy atom. The molecule has 2 aromatic rings. The minimum Gasteiger partial charge on any atom is -0.508 e. The molecule has 116 valence electrons. The van der Waals surface area contributed by atoms with E-state index in [1.54, 1.807) is 18.2 Å². The van der Waals surface area contributed by atoms with Crippen molar-refractivity contribution in [3.8, 4) is 5.75 Å². The van der Waals surface area contributed by atoms with Crippen molar-refractivity contribution in [3.05, 3.63) is 71.8 Å². The Balaban J connectivity index is 1.75. The molecular weight excluding hydrogens is 276 g/mol. The number of phenolic OH excluding ortho intramolecular Hbond substituents is 1. The van der Waals surface area contributed by atoms with Gasteiger partial charge in [-0.2, -0.15) is 0 Å². The van der Waals surface area contributed by atoms with Gasteiger partial charge in [0, 0.05) is 6.42 Å². The lowest BCUT2D eigenvalue weighted by molar-refractivity contribution is 0.0983. The third-order valence-electron chi connectivity index (χ3n) is 3.53. The van der Waals surface area contributed by atoms with E-state index in [-0.39, 0.29) is 5.75 Å². The van der Waals surface area contributed by atoms with Crippen LogP contribution in [0.4, 0.5) is 0 Å². The smallest absolute Gasteiger partial charge is 0.115 e. The van der Waals surface area contributed by atoms with Crippen LogP contribution < -0.4 is 0 Å². The fourth-order valence-electron chi connectivity index (χ4n) is 2.26. The van der Waals surface area contributed by atoms with E-state index in [9.17, 15) is 15.3 Å². The molecule has 2 atom stereocenters. The summed E-state index contributed by atoms with van der Waals surface area (Å²) in [6.07, 6.45) is 3.98. The molecule has 0 saturated heterocycles. The molecule has 2 rings (SSSR count). The van der Waals surface area contributed by atoms with Crippen LogP contribution in [0.15, 0.2) is 60.7 Å². The largest absolute Gasteiger partial charge is 0.508 e. The molecule has 0 spiro atoms. The highest BCUT2D eigenvalue weighted by molar-refractivity contribution is 5.49. The first-order valence-electron chi connectivity index (χ1n) is 7.51. The predicted molar refractivity (Wildman–Crippen MR) is 88.5 cm³/mol. The van der Waals surface area contributed by atoms with Crippen LogP contribution in [-0.2, 0) is 6.42 Å². The van der Waals surface area contributed by atoms with Crippen molar-refractivity contribution in [2.45, 2.75) is 31.5 Å². The molecule has 0 aliphatic heterocycles. The van der Waals surface area contributed by atoms with Gasteiger partial charge in [0.15, 0.2) is 0 Å². The first kappa shape index (κ1) is 16.3. The van der Waals surface area contributed by atoms with E-state index in [2.05, 4.69) is 0 Å². The Morgan fingerprint density at radius 2 is 1.59 bits per heavy atom. The molecule has 0 unspecified atom stereocenters. The van der Waals surface area contributed by atoms with E-state index in [0.717, 1.165) is 17.5 Å². The highest BCUT2D eigenvalue weighted by Gasteiger charge is 2.09. The zero-order valence-corrected chi connectivity index (χ0v) is 12.5. The van der Waals surface area contributed by atoms with E-state index in [4.69, 9.17) is 0 Å². The minimum atomic E-state index is -0.657. The van der Waals surface area contributed by atoms with E-state index >= 15 is 0 Å². The Morgan fingerprint density at radius 1 is 0.909 bits per heavy atom. The predicted octanol–water partition coefficient (Wildman–Crippen LogP) is 3.15. The number of aliphatic hydroxyl groups excluding tert-OH is 2. The maximum atomic E-state index is 9.99. The molecule has 0 amide bonds. The van der Waals surface area contributed by atoms with Crippen LogP contribution in [-0.4, -0.2) is 27.5 Å². The van der Waals surface area contributed by atoms with Gasteiger partial charge in [-0.3, -0.25) is 0 Å². The lowest BCUT2D eigenvalue weighted by Gasteiger charge is -2.13. The van der Waals surface area contributed by atoms with Crippen molar-refractivity contribution in [2.75, 3.05) is 0 Å². The Kier molecular flexibility index (Phi) is 6.19. The van der Waals surface area contributed by atoms with Crippen LogP contribution >= 0.6 is 0 Å². The first-order valence-corrected chi connectivity index (χ1v) is 7.51. The van der Waals surface area contributed by atoms with Gasteiger partial charge in [-0.25, -0.2) is 0 Å². The fraction of sp³-hybridized carbons (Fsp3) is 0.263. The lowest BCUT2D eigenvalue weighted by atomic mass is 10.0. The topological polar surface area (TPSA) is 60.7 Å². The molecule has 0 radical (unpaired) electrons. The van der Waals surface area contributed by atoms with Crippen LogP contribution in [0, 0.1) is 0 Å². The second-order valence-corrected chi connectivity index (χ2v) is 5.43. The molecule has 0 bridgehead atoms. The molecule has 0 aromatic heterocycles. The Bertz CT molecular complexity index is 575. The van der Waals surface area contributed by atoms with Crippen LogP contribution in [0.2, 0.25) is 0 Å². The zero-order valence-electron chi connectivity index (χ0n) is 12.5. The van der Waals surface area contributed by atoms with Gasteiger partial charge in [-0.05, 0) is 36.1 Å². The van der Waals surface area contributed by atoms with Gasteiger partial charge >= 0.3 is 0 Å². The number of hydrogen-bond donors (Lipinski definition) is 3. The summed E-state index contributed by atoms with van der Waals surface area (Å²) in [6, 6.07) is 16.7. The summed E-state index contributed by atoms with van der Waals surface area (Å²) in [5, 5.41) is 29.1. The SMILES string of the molecule is Oc1ccc(CC[C@H](O)C[C@H](O)/C=C/c2ccccc2)cc1. The van der Waals surface area contributed by atoms with E-state index in [0.29, 0.717) is 12.8 Å². The summed E-state index contributed by atoms with van der Waals surface area (Å²) in [5.41, 5.74) is 2.09. The second-order valence-electron chi connectivity index (χ2n) is 5.43. The summed E-state index contributed by atoms with van der Waals surface area (Å²) >= 11 is 0. The Labute approximate surface area is 131 Å². The average Bonchev–Trinajstić information content (AvgIpc) is 2.53. The molecule has 3 heteroatoms. The average molecular weight is 298 g/mol. The van der Waals surface area contributed by atoms with Gasteiger partial charge in [0.05, 0.1) is 12.2 Å². The van der Waals surface area contributed by atoms with Crippen molar-refractivity contribution in [1.29, 1.82) is 0 Å². The number of rotatable bonds is 7. The number of aliphatic hydroxyl groups is 2. The van der Waals surface area contributed by atoms with Crippen LogP contribution in [0.25, 0.3) is 6.08 Å². The van der Waals surface area contributed by atoms with Crippen LogP contribution in [0.5, 0.6) is 5.75 Å². The summed E-state index contributed by atoms with van der Waals surface area (Å²) < 4.78 is 0. The highest BCUT2D eigenvalue weighted by Crippen LogP contribution is 2.14. The van der Waals surface area contributed by atoms with E-state index in [1.807, 2.05) is 48.5 Å². The zero-order chi connectivity index (χ0) is 15.8. The van der Waals surface area contributed by atoms with Gasteiger partial charge in [0.2, 0.25) is 0 Å². The van der Waals surface area contributed by atoms with Crippen LogP contribution in [0.3, 0.4) is 0 Å². The molecule has 22 heavy (non-hydrogen) atoms. The normalized spacial score (nSPS) is 14.1. The maximum Gasteiger partial charge on any atom is 0.115 e. The van der Waals surface area contributed by atoms with Crippen molar-refractivity contribution < 1.29 is 15.3 Å². The van der Waals surface area contributed by atoms with Crippen LogP contribution in [0.1, 0.15) is 24.0 Å². The molecular formula is C19H22O3. The second kappa shape index (κ2) is 8.37. The molecule has 2 aromatic carbocycles. The summed E-state index contributed by atoms with van der Waals surface area (Å²) in [5.74, 6) is 0.241. The first-order chi connectivity index (χ1) is 10.6. The van der Waals surface area contributed by atoms with Gasteiger partial charge in [-0.1, -0.05) is 54.6 Å². The van der Waals surface area contributed by atoms with E-state index in [1.165, 1.54) is 0 Å². The van der Waals surface area contributed by atoms with Gasteiger partial charge in [-0.15, -0.1) is 0 Å². The third-order valence-corrected chi connectivity index (χ3v) is 3.53. The molecule has 3 nitrogen and oxygen atoms in total. The van der Waals surface area contributed by atoms with Crippen molar-refractivity contribution in [3.63, 3.8) is 0 Å². The summed E-state index contributed by atoms with van der Waals surface area (Å²) in [4.78, 5) is 0. The molecule has 0 heterocycles. The van der Waals surface area contributed by atoms with Crippen molar-refractivity contribution in [2.24, 2.45) is 0 Å². The van der Waals surface area contributed by atoms with Gasteiger partial charge in [0.25, 0.3) is 0 Å². The third kappa shape index (κ3) is 5.72. The molecule has 0 fully saturated rings. The molecule has 3 N–H and O–H groups in total. The Hall–Kier alpha value is -2.10. The number of aromatic hydroxyl groups is 1. The standard InChI is InChI=1S/C19H22O3/c20-17-10-6-16(7-11-17)9-13-19(22)14-18(21)12-8-15-4-2-1-3-5-15/h1-8,10-12,18-22H,9,13-14H2/b12-8+/t18-,19+/m1/s1. The molecule has 0 aliphatic rings. The number of hydrogen-bond acceptors (Lipinski definition) is 3. The monoisotopic (exact) mass is 298 g/mol. The number of phenols is 1. The quantitative estimate of drug-likeness (QED) is 0.736. The molecule has 0 aliphatic carbocycles. The number of aryl methyl sites for hydroxylation is 1. The van der Waals surface area contributed by atoms with Crippen molar-refractivity contribution >= 4 is 6.08 Å². The maximum absolute atomic E-state index is 9.99.